The Morgan fingerprint density at radius 1 is 0.732 bits per heavy atom. The van der Waals surface area contributed by atoms with E-state index in [1.165, 1.54) is 65.8 Å². The Balaban J connectivity index is 1.77. The zero-order valence-corrected chi connectivity index (χ0v) is 27.0. The number of rotatable bonds is 2. The van der Waals surface area contributed by atoms with Crippen LogP contribution in [0.2, 0.25) is 0 Å². The van der Waals surface area contributed by atoms with E-state index in [9.17, 15) is 0 Å². The highest BCUT2D eigenvalue weighted by Crippen LogP contribution is 2.53. The van der Waals surface area contributed by atoms with Gasteiger partial charge in [0.15, 0.2) is 6.20 Å². The van der Waals surface area contributed by atoms with E-state index in [-0.39, 0.29) is 16.2 Å². The minimum absolute atomic E-state index is 0.0322. The van der Waals surface area contributed by atoms with Gasteiger partial charge in [0.05, 0.1) is 10.9 Å². The molecule has 0 saturated carbocycles. The first-order valence-corrected chi connectivity index (χ1v) is 15.2. The van der Waals surface area contributed by atoms with Gasteiger partial charge in [0, 0.05) is 17.0 Å². The summed E-state index contributed by atoms with van der Waals surface area (Å²) < 4.78 is 9.42. The van der Waals surface area contributed by atoms with Crippen molar-refractivity contribution in [2.75, 3.05) is 0 Å². The maximum Gasteiger partial charge on any atom is 0.228 e. The Kier molecular flexibility index (Phi) is 6.13. The maximum absolute atomic E-state index is 7.10. The molecule has 5 aromatic rings. The van der Waals surface area contributed by atoms with Crippen molar-refractivity contribution >= 4 is 32.3 Å². The van der Waals surface area contributed by atoms with Gasteiger partial charge in [-0.05, 0) is 80.3 Å². The Bertz CT molecular complexity index is 1870. The van der Waals surface area contributed by atoms with Crippen molar-refractivity contribution in [2.24, 2.45) is 17.9 Å². The lowest BCUT2D eigenvalue weighted by Crippen LogP contribution is -2.32. The van der Waals surface area contributed by atoms with Crippen LogP contribution in [0.1, 0.15) is 84.6 Å². The summed E-state index contributed by atoms with van der Waals surface area (Å²) >= 11 is 0. The molecule has 1 aliphatic rings. The summed E-state index contributed by atoms with van der Waals surface area (Å²) in [5.41, 5.74) is 8.29. The average Bonchev–Trinajstić information content (AvgIpc) is 2.85. The van der Waals surface area contributed by atoms with Crippen molar-refractivity contribution < 1.29 is 9.30 Å². The van der Waals surface area contributed by atoms with Crippen LogP contribution >= 0.6 is 0 Å². The molecule has 0 N–H and O–H groups in total. The van der Waals surface area contributed by atoms with E-state index in [4.69, 9.17) is 4.74 Å². The van der Waals surface area contributed by atoms with Crippen molar-refractivity contribution in [3.63, 3.8) is 0 Å². The first-order chi connectivity index (χ1) is 19.0. The number of nitrogens with zero attached hydrogens (tertiary/aromatic N) is 1. The molecule has 0 radical (unpaired) electrons. The maximum atomic E-state index is 7.10. The van der Waals surface area contributed by atoms with Crippen molar-refractivity contribution in [1.29, 1.82) is 0 Å². The molecule has 0 spiro atoms. The number of hydrogen-bond donors (Lipinski definition) is 0. The standard InChI is InChI=1S/C39H46NO/c1-23-28-19-24(21-37(2,3)4)15-16-26(28)29(22-38(5,6)7)36-32(23)35-34-27(17-18-40(35)11)33-25(20-31(34)41-36)13-12-14-30(33)39(8,9)10/h12-20H,21-22H2,1-11H3/q+1. The highest BCUT2D eigenvalue weighted by molar-refractivity contribution is 6.17. The Morgan fingerprint density at radius 3 is 2.10 bits per heavy atom. The number of hydrogen-bond acceptors (Lipinski definition) is 1. The van der Waals surface area contributed by atoms with Gasteiger partial charge in [-0.1, -0.05) is 98.7 Å². The smallest absolute Gasteiger partial charge is 0.228 e. The molecule has 212 valence electrons. The molecule has 0 bridgehead atoms. The van der Waals surface area contributed by atoms with Gasteiger partial charge in [0.1, 0.15) is 18.5 Å². The summed E-state index contributed by atoms with van der Waals surface area (Å²) in [6, 6.07) is 18.5. The molecule has 0 amide bonds. The number of ether oxygens (including phenoxy) is 1. The predicted octanol–water partition coefficient (Wildman–Crippen LogP) is 10.5. The molecule has 4 aromatic carbocycles. The van der Waals surface area contributed by atoms with Crippen molar-refractivity contribution in [3.8, 4) is 22.8 Å². The quantitative estimate of drug-likeness (QED) is 0.156. The lowest BCUT2D eigenvalue weighted by atomic mass is 9.79. The predicted molar refractivity (Wildman–Crippen MR) is 175 cm³/mol. The number of fused-ring (bicyclic) bond motifs is 5. The third-order valence-corrected chi connectivity index (χ3v) is 8.61. The van der Waals surface area contributed by atoms with Crippen LogP contribution in [0.4, 0.5) is 0 Å². The molecule has 0 atom stereocenters. The molecule has 2 heteroatoms. The molecule has 1 aliphatic heterocycles. The van der Waals surface area contributed by atoms with Crippen LogP contribution in [0, 0.1) is 17.8 Å². The Labute approximate surface area is 246 Å². The van der Waals surface area contributed by atoms with E-state index in [0.29, 0.717) is 0 Å². The number of aromatic nitrogens is 1. The van der Waals surface area contributed by atoms with Gasteiger partial charge in [-0.15, -0.1) is 0 Å². The first kappa shape index (κ1) is 27.8. The number of aryl methyl sites for hydroxylation is 2. The molecule has 0 aliphatic carbocycles. The average molecular weight is 545 g/mol. The molecular weight excluding hydrogens is 498 g/mol. The molecule has 1 aromatic heterocycles. The van der Waals surface area contributed by atoms with Gasteiger partial charge in [-0.3, -0.25) is 0 Å². The van der Waals surface area contributed by atoms with E-state index in [0.717, 1.165) is 24.3 Å². The van der Waals surface area contributed by atoms with Crippen LogP contribution < -0.4 is 9.30 Å². The van der Waals surface area contributed by atoms with E-state index in [2.05, 4.69) is 136 Å². The fourth-order valence-corrected chi connectivity index (χ4v) is 7.00. The van der Waals surface area contributed by atoms with Crippen molar-refractivity contribution in [1.82, 2.24) is 0 Å². The van der Waals surface area contributed by atoms with Gasteiger partial charge in [-0.25, -0.2) is 4.57 Å². The topological polar surface area (TPSA) is 13.1 Å². The molecular formula is C39H46NO+. The fourth-order valence-electron chi connectivity index (χ4n) is 7.00. The molecule has 2 heterocycles. The Hall–Kier alpha value is -3.39. The molecule has 0 saturated heterocycles. The Morgan fingerprint density at radius 2 is 1.44 bits per heavy atom. The van der Waals surface area contributed by atoms with Crippen LogP contribution in [0.3, 0.4) is 0 Å². The zero-order valence-electron chi connectivity index (χ0n) is 27.0. The summed E-state index contributed by atoms with van der Waals surface area (Å²) in [6.07, 6.45) is 4.25. The van der Waals surface area contributed by atoms with Gasteiger partial charge < -0.3 is 4.74 Å². The molecule has 0 unspecified atom stereocenters. The summed E-state index contributed by atoms with van der Waals surface area (Å²) in [4.78, 5) is 0. The third kappa shape index (κ3) is 4.70. The van der Waals surface area contributed by atoms with Crippen LogP contribution in [0.15, 0.2) is 54.7 Å². The number of benzene rings is 4. The second-order valence-corrected chi connectivity index (χ2v) is 15.9. The summed E-state index contributed by atoms with van der Waals surface area (Å²) in [5.74, 6) is 2.01. The normalized spacial score (nSPS) is 13.6. The van der Waals surface area contributed by atoms with E-state index in [1.54, 1.807) is 0 Å². The first-order valence-electron chi connectivity index (χ1n) is 15.2. The SMILES string of the molecule is Cc1c2c(c(CC(C)(C)C)c3ccc(CC(C)(C)C)cc13)Oc1cc3cccc(C(C)(C)C)c3c3cc[n+](C)c-2c13. The van der Waals surface area contributed by atoms with Crippen LogP contribution in [-0.4, -0.2) is 0 Å². The van der Waals surface area contributed by atoms with E-state index < -0.39 is 0 Å². The lowest BCUT2D eigenvalue weighted by molar-refractivity contribution is -0.659. The molecule has 2 nitrogen and oxygen atoms in total. The highest BCUT2D eigenvalue weighted by Gasteiger charge is 2.35. The minimum atomic E-state index is 0.0322. The van der Waals surface area contributed by atoms with E-state index >= 15 is 0 Å². The van der Waals surface area contributed by atoms with Crippen molar-refractivity contribution in [2.45, 2.75) is 87.5 Å². The van der Waals surface area contributed by atoms with Gasteiger partial charge >= 0.3 is 0 Å². The van der Waals surface area contributed by atoms with Gasteiger partial charge in [0.25, 0.3) is 0 Å². The summed E-state index contributed by atoms with van der Waals surface area (Å²) in [5, 5.41) is 7.76. The molecule has 6 rings (SSSR count). The van der Waals surface area contributed by atoms with Crippen LogP contribution in [0.25, 0.3) is 43.6 Å². The summed E-state index contributed by atoms with van der Waals surface area (Å²) in [6.45, 7) is 23.2. The minimum Gasteiger partial charge on any atom is -0.455 e. The second-order valence-electron chi connectivity index (χ2n) is 15.9. The van der Waals surface area contributed by atoms with Gasteiger partial charge in [-0.2, -0.15) is 0 Å². The largest absolute Gasteiger partial charge is 0.455 e. The van der Waals surface area contributed by atoms with E-state index in [1.807, 2.05) is 0 Å². The third-order valence-electron chi connectivity index (χ3n) is 8.61. The monoisotopic (exact) mass is 544 g/mol. The number of pyridine rings is 1. The second kappa shape index (κ2) is 9.05. The summed E-state index contributed by atoms with van der Waals surface area (Å²) in [7, 11) is 2.19. The molecule has 41 heavy (non-hydrogen) atoms. The van der Waals surface area contributed by atoms with Gasteiger partial charge in [0.2, 0.25) is 5.69 Å². The van der Waals surface area contributed by atoms with Crippen molar-refractivity contribution in [3.05, 3.63) is 77.0 Å². The highest BCUT2D eigenvalue weighted by atomic mass is 16.5. The lowest BCUT2D eigenvalue weighted by Gasteiger charge is -2.29. The zero-order chi connectivity index (χ0) is 29.6. The fraction of sp³-hybridized carbons (Fsp3) is 0.410. The molecule has 0 fully saturated rings. The van der Waals surface area contributed by atoms with Crippen LogP contribution in [0.5, 0.6) is 11.5 Å². The van der Waals surface area contributed by atoms with Crippen LogP contribution in [-0.2, 0) is 25.3 Å².